The van der Waals surface area contributed by atoms with Crippen LogP contribution in [0, 0.1) is 0 Å². The molecule has 5 heteroatoms. The van der Waals surface area contributed by atoms with Crippen molar-refractivity contribution >= 4 is 19.3 Å². The monoisotopic (exact) mass is 293 g/mol. The van der Waals surface area contributed by atoms with Crippen molar-refractivity contribution in [3.8, 4) is 17.0 Å². The maximum atomic E-state index is 11.9. The summed E-state index contributed by atoms with van der Waals surface area (Å²) in [5, 5.41) is 0. The van der Waals surface area contributed by atoms with Gasteiger partial charge >= 0.3 is 5.97 Å². The Bertz CT molecular complexity index is 708. The van der Waals surface area contributed by atoms with Crippen molar-refractivity contribution in [3.05, 3.63) is 42.1 Å². The van der Waals surface area contributed by atoms with Gasteiger partial charge in [0, 0.05) is 11.8 Å². The fourth-order valence-electron chi connectivity index (χ4n) is 2.65. The lowest BCUT2D eigenvalue weighted by Crippen LogP contribution is -2.21. The molecule has 1 saturated carbocycles. The Morgan fingerprint density at radius 3 is 2.55 bits per heavy atom. The Balaban J connectivity index is 1.91. The number of pyridine rings is 1. The highest BCUT2D eigenvalue weighted by Crippen LogP contribution is 2.49. The maximum Gasteiger partial charge on any atom is 0.316 e. The van der Waals surface area contributed by atoms with Crippen molar-refractivity contribution in [2.45, 2.75) is 18.3 Å². The molecule has 1 fully saturated rings. The highest BCUT2D eigenvalue weighted by atomic mass is 16.5. The minimum absolute atomic E-state index is 0.184. The number of carbonyl (C=O) groups excluding carboxylic acids is 1. The topological polar surface area (TPSA) is 48.4 Å². The second-order valence-electron chi connectivity index (χ2n) is 5.46. The first kappa shape index (κ1) is 14.6. The van der Waals surface area contributed by atoms with Gasteiger partial charge in [-0.25, -0.2) is 0 Å². The molecule has 1 heterocycles. The summed E-state index contributed by atoms with van der Waals surface area (Å²) in [5.41, 5.74) is 2.73. The van der Waals surface area contributed by atoms with Gasteiger partial charge in [0.05, 0.1) is 25.3 Å². The van der Waals surface area contributed by atoms with Gasteiger partial charge in [-0.05, 0) is 30.5 Å². The molecule has 1 aliphatic rings. The van der Waals surface area contributed by atoms with Gasteiger partial charge in [-0.1, -0.05) is 23.7 Å². The van der Waals surface area contributed by atoms with Crippen LogP contribution in [0.25, 0.3) is 11.3 Å². The van der Waals surface area contributed by atoms with Crippen molar-refractivity contribution in [1.82, 2.24) is 4.98 Å². The summed E-state index contributed by atoms with van der Waals surface area (Å²) in [6.07, 6.45) is 3.38. The smallest absolute Gasteiger partial charge is 0.316 e. The van der Waals surface area contributed by atoms with E-state index < -0.39 is 5.41 Å². The Hall–Kier alpha value is -2.30. The van der Waals surface area contributed by atoms with E-state index >= 15 is 0 Å². The molecule has 22 heavy (non-hydrogen) atoms. The van der Waals surface area contributed by atoms with E-state index in [2.05, 4.69) is 4.98 Å². The van der Waals surface area contributed by atoms with E-state index in [0.717, 1.165) is 29.7 Å². The van der Waals surface area contributed by atoms with Crippen LogP contribution >= 0.6 is 0 Å². The summed E-state index contributed by atoms with van der Waals surface area (Å²) in [5.74, 6) is 0.438. The van der Waals surface area contributed by atoms with Crippen LogP contribution in [0.4, 0.5) is 0 Å². The number of carbonyl (C=O) groups is 1. The number of benzene rings is 1. The molecule has 1 aromatic carbocycles. The number of methoxy groups -OCH3 is 2. The molecule has 0 unspecified atom stereocenters. The van der Waals surface area contributed by atoms with E-state index in [1.54, 1.807) is 19.4 Å². The first-order valence-electron chi connectivity index (χ1n) is 7.09. The van der Waals surface area contributed by atoms with Gasteiger partial charge in [-0.15, -0.1) is 0 Å². The third kappa shape index (κ3) is 2.37. The standard InChI is InChI=1S/C17H16BNO3/c1-21-15-9-11(3-5-13(15)18)14-6-4-12(10-19-14)17(7-8-17)16(20)22-2/h3-6,9-10H,7-8H2,1-2H3. The molecule has 3 rings (SSSR count). The van der Waals surface area contributed by atoms with E-state index in [4.69, 9.17) is 17.3 Å². The average molecular weight is 293 g/mol. The molecule has 2 aromatic rings. The second kappa shape index (κ2) is 5.48. The van der Waals surface area contributed by atoms with Crippen LogP contribution in [0.15, 0.2) is 36.5 Å². The zero-order valence-corrected chi connectivity index (χ0v) is 12.6. The normalized spacial score (nSPS) is 15.2. The molecule has 0 bridgehead atoms. The lowest BCUT2D eigenvalue weighted by molar-refractivity contribution is -0.143. The van der Waals surface area contributed by atoms with Gasteiger partial charge in [0.1, 0.15) is 13.6 Å². The van der Waals surface area contributed by atoms with Gasteiger partial charge in [-0.3, -0.25) is 9.78 Å². The van der Waals surface area contributed by atoms with E-state index in [1.165, 1.54) is 7.11 Å². The van der Waals surface area contributed by atoms with E-state index in [9.17, 15) is 4.79 Å². The van der Waals surface area contributed by atoms with Gasteiger partial charge < -0.3 is 9.47 Å². The molecule has 0 atom stereocenters. The fourth-order valence-corrected chi connectivity index (χ4v) is 2.65. The average Bonchev–Trinajstić information content (AvgIpc) is 3.36. The summed E-state index contributed by atoms with van der Waals surface area (Å²) >= 11 is 0. The predicted octanol–water partition coefficient (Wildman–Crippen LogP) is 1.76. The Morgan fingerprint density at radius 1 is 1.23 bits per heavy atom. The molecule has 0 aliphatic heterocycles. The highest BCUT2D eigenvalue weighted by Gasteiger charge is 2.52. The molecule has 0 amide bonds. The van der Waals surface area contributed by atoms with Gasteiger partial charge in [0.15, 0.2) is 0 Å². The number of nitrogens with zero attached hydrogens (tertiary/aromatic N) is 1. The zero-order valence-electron chi connectivity index (χ0n) is 12.6. The van der Waals surface area contributed by atoms with E-state index in [-0.39, 0.29) is 5.97 Å². The SMILES string of the molecule is [B]c1ccc(-c2ccc(C3(C(=O)OC)CC3)cn2)cc1OC. The summed E-state index contributed by atoms with van der Waals surface area (Å²) < 4.78 is 10.1. The molecule has 0 spiro atoms. The van der Waals surface area contributed by atoms with Crippen molar-refractivity contribution in [3.63, 3.8) is 0 Å². The lowest BCUT2D eigenvalue weighted by atomic mass is 9.92. The number of aromatic nitrogens is 1. The van der Waals surface area contributed by atoms with E-state index in [1.807, 2.05) is 24.3 Å². The number of esters is 1. The van der Waals surface area contributed by atoms with Gasteiger partial charge in [0.25, 0.3) is 0 Å². The Morgan fingerprint density at radius 2 is 2.00 bits per heavy atom. The minimum Gasteiger partial charge on any atom is -0.497 e. The second-order valence-corrected chi connectivity index (χ2v) is 5.46. The zero-order chi connectivity index (χ0) is 15.7. The molecular weight excluding hydrogens is 277 g/mol. The van der Waals surface area contributed by atoms with Crippen molar-refractivity contribution in [2.24, 2.45) is 0 Å². The lowest BCUT2D eigenvalue weighted by Gasteiger charge is -2.13. The molecule has 110 valence electrons. The molecule has 1 aliphatic carbocycles. The quantitative estimate of drug-likeness (QED) is 0.636. The summed E-state index contributed by atoms with van der Waals surface area (Å²) in [6.45, 7) is 0. The third-order valence-corrected chi connectivity index (χ3v) is 4.17. The Kier molecular flexibility index (Phi) is 3.65. The van der Waals surface area contributed by atoms with Crippen LogP contribution in [0.2, 0.25) is 0 Å². The van der Waals surface area contributed by atoms with Crippen LogP contribution in [-0.4, -0.2) is 33.0 Å². The number of rotatable bonds is 4. The number of ether oxygens (including phenoxy) is 2. The third-order valence-electron chi connectivity index (χ3n) is 4.17. The van der Waals surface area contributed by atoms with Crippen molar-refractivity contribution < 1.29 is 14.3 Å². The van der Waals surface area contributed by atoms with Crippen LogP contribution in [0.5, 0.6) is 5.75 Å². The van der Waals surface area contributed by atoms with Crippen LogP contribution in [-0.2, 0) is 14.9 Å². The minimum atomic E-state index is -0.487. The van der Waals surface area contributed by atoms with Crippen molar-refractivity contribution in [1.29, 1.82) is 0 Å². The molecule has 0 N–H and O–H groups in total. The van der Waals surface area contributed by atoms with Crippen LogP contribution < -0.4 is 10.2 Å². The predicted molar refractivity (Wildman–Crippen MR) is 84.5 cm³/mol. The highest BCUT2D eigenvalue weighted by molar-refractivity contribution is 6.34. The number of hydrogen-bond donors (Lipinski definition) is 0. The Labute approximate surface area is 130 Å². The van der Waals surface area contributed by atoms with Gasteiger partial charge in [-0.2, -0.15) is 0 Å². The van der Waals surface area contributed by atoms with Crippen LogP contribution in [0.3, 0.4) is 0 Å². The number of hydrogen-bond acceptors (Lipinski definition) is 4. The summed E-state index contributed by atoms with van der Waals surface area (Å²) in [4.78, 5) is 16.4. The fraction of sp³-hybridized carbons (Fsp3) is 0.294. The summed E-state index contributed by atoms with van der Waals surface area (Å²) in [6, 6.07) is 9.39. The van der Waals surface area contributed by atoms with Crippen LogP contribution in [0.1, 0.15) is 18.4 Å². The molecular formula is C17H16BNO3. The van der Waals surface area contributed by atoms with E-state index in [0.29, 0.717) is 11.2 Å². The molecule has 0 saturated heterocycles. The maximum absolute atomic E-state index is 11.9. The first-order valence-corrected chi connectivity index (χ1v) is 7.09. The molecule has 4 nitrogen and oxygen atoms in total. The summed E-state index contributed by atoms with van der Waals surface area (Å²) in [7, 11) is 8.82. The molecule has 2 radical (unpaired) electrons. The first-order chi connectivity index (χ1) is 10.6. The molecule has 1 aromatic heterocycles. The van der Waals surface area contributed by atoms with Gasteiger partial charge in [0.2, 0.25) is 0 Å². The van der Waals surface area contributed by atoms with Crippen molar-refractivity contribution in [2.75, 3.05) is 14.2 Å². The largest absolute Gasteiger partial charge is 0.497 e.